The predicted octanol–water partition coefficient (Wildman–Crippen LogP) is 1.37. The third-order valence-corrected chi connectivity index (χ3v) is 5.73. The number of ketones is 1. The van der Waals surface area contributed by atoms with Crippen LogP contribution in [0.5, 0.6) is 0 Å². The molecule has 0 bridgehead atoms. The molecular formula is C17H19N3O5S. The lowest BCUT2D eigenvalue weighted by atomic mass is 10.0. The second-order valence-electron chi connectivity index (χ2n) is 5.96. The first-order valence-electron chi connectivity index (χ1n) is 7.95. The molecule has 138 valence electrons. The van der Waals surface area contributed by atoms with Gasteiger partial charge in [0.15, 0.2) is 0 Å². The maximum Gasteiger partial charge on any atom is 0.277 e. The fourth-order valence-electron chi connectivity index (χ4n) is 2.92. The Morgan fingerprint density at radius 2 is 1.96 bits per heavy atom. The Kier molecular flexibility index (Phi) is 4.27. The Bertz CT molecular complexity index is 1090. The van der Waals surface area contributed by atoms with E-state index in [1.165, 1.54) is 24.8 Å². The molecular weight excluding hydrogens is 358 g/mol. The number of anilines is 1. The molecule has 1 aromatic heterocycles. The molecule has 0 fully saturated rings. The quantitative estimate of drug-likeness (QED) is 0.811. The van der Waals surface area contributed by atoms with Crippen LogP contribution in [-0.4, -0.2) is 37.6 Å². The van der Waals surface area contributed by atoms with Crippen molar-refractivity contribution in [3.63, 3.8) is 0 Å². The van der Waals surface area contributed by atoms with Crippen LogP contribution in [0.2, 0.25) is 0 Å². The monoisotopic (exact) mass is 377 g/mol. The van der Waals surface area contributed by atoms with Gasteiger partial charge in [-0.25, -0.2) is 8.42 Å². The molecule has 1 aromatic carbocycles. The summed E-state index contributed by atoms with van der Waals surface area (Å²) in [5.74, 6) is -0.237. The third-order valence-electron chi connectivity index (χ3n) is 4.26. The summed E-state index contributed by atoms with van der Waals surface area (Å²) < 4.78 is 32.4. The minimum Gasteiger partial charge on any atom is -0.492 e. The molecule has 0 spiro atoms. The molecule has 2 aromatic rings. The predicted molar refractivity (Wildman–Crippen MR) is 97.6 cm³/mol. The number of nitrogens with one attached hydrogen (secondary N) is 1. The maximum atomic E-state index is 12.8. The fraction of sp³-hybridized carbons (Fsp3) is 0.294. The van der Waals surface area contributed by atoms with Gasteiger partial charge in [-0.1, -0.05) is 6.07 Å². The summed E-state index contributed by atoms with van der Waals surface area (Å²) in [6.45, 7) is 3.71. The van der Waals surface area contributed by atoms with Crippen LogP contribution in [0.1, 0.15) is 34.1 Å². The number of aromatic amines is 1. The molecule has 0 atom stereocenters. The van der Waals surface area contributed by atoms with Crippen LogP contribution in [0.25, 0.3) is 5.76 Å². The lowest BCUT2D eigenvalue weighted by Gasteiger charge is -2.27. The van der Waals surface area contributed by atoms with Crippen molar-refractivity contribution in [2.75, 3.05) is 18.0 Å². The lowest BCUT2D eigenvalue weighted by Crippen LogP contribution is -2.29. The Morgan fingerprint density at radius 3 is 2.54 bits per heavy atom. The number of aryl methyl sites for hydroxylation is 2. The number of sulfonamides is 1. The van der Waals surface area contributed by atoms with Gasteiger partial charge in [0.2, 0.25) is 5.78 Å². The molecule has 1 N–H and O–H groups in total. The summed E-state index contributed by atoms with van der Waals surface area (Å²) in [4.78, 5) is 25.0. The fourth-order valence-corrected chi connectivity index (χ4v) is 3.97. The van der Waals surface area contributed by atoms with Gasteiger partial charge in [-0.3, -0.25) is 23.7 Å². The zero-order valence-corrected chi connectivity index (χ0v) is 15.7. The van der Waals surface area contributed by atoms with Crippen molar-refractivity contribution >= 4 is 27.3 Å². The van der Waals surface area contributed by atoms with Gasteiger partial charge in [0.1, 0.15) is 11.3 Å². The normalized spacial score (nSPS) is 15.4. The first-order valence-corrected chi connectivity index (χ1v) is 9.45. The van der Waals surface area contributed by atoms with E-state index in [1.54, 1.807) is 26.0 Å². The third kappa shape index (κ3) is 2.74. The van der Waals surface area contributed by atoms with Crippen molar-refractivity contribution < 1.29 is 17.9 Å². The van der Waals surface area contributed by atoms with Crippen molar-refractivity contribution in [3.05, 3.63) is 56.3 Å². The molecule has 0 aliphatic carbocycles. The standard InChI is InChI=1S/C17H19N3O5S/c1-5-25-14-9-26(23,24)20(4)13-8-11(6-7-12(13)14)16(21)15-10(2)18-19(3)17(15)22/h6-9,18H,5H2,1-4H3. The van der Waals surface area contributed by atoms with Crippen molar-refractivity contribution in [2.45, 2.75) is 13.8 Å². The first kappa shape index (κ1) is 18.0. The van der Waals surface area contributed by atoms with Crippen LogP contribution < -0.4 is 9.86 Å². The molecule has 0 saturated carbocycles. The summed E-state index contributed by atoms with van der Waals surface area (Å²) in [6.07, 6.45) is 0. The van der Waals surface area contributed by atoms with Crippen LogP contribution in [0.4, 0.5) is 5.69 Å². The summed E-state index contributed by atoms with van der Waals surface area (Å²) in [6, 6.07) is 4.65. The van der Waals surface area contributed by atoms with Crippen LogP contribution in [0.15, 0.2) is 28.4 Å². The Hall–Kier alpha value is -2.81. The molecule has 8 nitrogen and oxygen atoms in total. The highest BCUT2D eigenvalue weighted by Crippen LogP contribution is 2.35. The molecule has 1 aliphatic heterocycles. The highest BCUT2D eigenvalue weighted by Gasteiger charge is 2.29. The molecule has 0 saturated heterocycles. The van der Waals surface area contributed by atoms with E-state index in [0.29, 0.717) is 23.6 Å². The number of nitrogens with zero attached hydrogens (tertiary/aromatic N) is 2. The van der Waals surface area contributed by atoms with Gasteiger partial charge < -0.3 is 4.74 Å². The van der Waals surface area contributed by atoms with E-state index in [4.69, 9.17) is 4.74 Å². The number of rotatable bonds is 4. The second-order valence-corrected chi connectivity index (χ2v) is 7.78. The number of ether oxygens (including phenoxy) is 1. The zero-order valence-electron chi connectivity index (χ0n) is 14.9. The molecule has 26 heavy (non-hydrogen) atoms. The summed E-state index contributed by atoms with van der Waals surface area (Å²) in [5.41, 5.74) is 1.18. The van der Waals surface area contributed by atoms with Crippen LogP contribution >= 0.6 is 0 Å². The van der Waals surface area contributed by atoms with E-state index in [1.807, 2.05) is 0 Å². The number of carbonyl (C=O) groups excluding carboxylic acids is 1. The average molecular weight is 377 g/mol. The molecule has 1 aliphatic rings. The van der Waals surface area contributed by atoms with Gasteiger partial charge in [0.05, 0.1) is 17.7 Å². The molecule has 0 unspecified atom stereocenters. The highest BCUT2D eigenvalue weighted by molar-refractivity contribution is 7.95. The molecule has 9 heteroatoms. The van der Waals surface area contributed by atoms with Gasteiger partial charge >= 0.3 is 0 Å². The lowest BCUT2D eigenvalue weighted by molar-refractivity contribution is 0.103. The van der Waals surface area contributed by atoms with E-state index < -0.39 is 21.4 Å². The Morgan fingerprint density at radius 1 is 1.27 bits per heavy atom. The highest BCUT2D eigenvalue weighted by atomic mass is 32.2. The van der Waals surface area contributed by atoms with E-state index in [0.717, 1.165) is 9.71 Å². The van der Waals surface area contributed by atoms with E-state index in [9.17, 15) is 18.0 Å². The number of carbonyl (C=O) groups is 1. The van der Waals surface area contributed by atoms with Crippen LogP contribution in [0.3, 0.4) is 0 Å². The largest absolute Gasteiger partial charge is 0.492 e. The van der Waals surface area contributed by atoms with Crippen LogP contribution in [-0.2, 0) is 21.8 Å². The summed E-state index contributed by atoms with van der Waals surface area (Å²) in [7, 11) is -0.771. The van der Waals surface area contributed by atoms with Crippen molar-refractivity contribution in [1.29, 1.82) is 0 Å². The van der Waals surface area contributed by atoms with Crippen molar-refractivity contribution in [3.8, 4) is 0 Å². The van der Waals surface area contributed by atoms with Gasteiger partial charge in [0.25, 0.3) is 15.6 Å². The topological polar surface area (TPSA) is 101 Å². The summed E-state index contributed by atoms with van der Waals surface area (Å²) >= 11 is 0. The second kappa shape index (κ2) is 6.17. The van der Waals surface area contributed by atoms with Gasteiger partial charge in [-0.15, -0.1) is 0 Å². The minimum absolute atomic E-state index is 0.0364. The van der Waals surface area contributed by atoms with E-state index in [-0.39, 0.29) is 16.9 Å². The Balaban J connectivity index is 2.15. The van der Waals surface area contributed by atoms with E-state index >= 15 is 0 Å². The molecule has 2 heterocycles. The number of hydrogen-bond acceptors (Lipinski definition) is 5. The van der Waals surface area contributed by atoms with Crippen LogP contribution in [0, 0.1) is 6.92 Å². The van der Waals surface area contributed by atoms with Crippen molar-refractivity contribution in [1.82, 2.24) is 9.78 Å². The van der Waals surface area contributed by atoms with Gasteiger partial charge in [-0.05, 0) is 26.0 Å². The minimum atomic E-state index is -3.70. The number of aromatic nitrogens is 2. The number of fused-ring (bicyclic) bond motifs is 1. The molecule has 3 rings (SSSR count). The molecule has 0 amide bonds. The van der Waals surface area contributed by atoms with E-state index in [2.05, 4.69) is 5.10 Å². The maximum absolute atomic E-state index is 12.8. The molecule has 0 radical (unpaired) electrons. The average Bonchev–Trinajstić information content (AvgIpc) is 2.84. The first-order chi connectivity index (χ1) is 12.2. The van der Waals surface area contributed by atoms with Gasteiger partial charge in [0, 0.05) is 30.9 Å². The number of H-pyrrole nitrogens is 1. The SMILES string of the molecule is CCOC1=CS(=O)(=O)N(C)c2cc(C(=O)c3c(C)[nH]n(C)c3=O)ccc21. The van der Waals surface area contributed by atoms with Crippen molar-refractivity contribution in [2.24, 2.45) is 7.05 Å². The number of hydrogen-bond donors (Lipinski definition) is 1. The summed E-state index contributed by atoms with van der Waals surface area (Å²) in [5, 5.41) is 3.84. The zero-order chi connectivity index (χ0) is 19.2. The smallest absolute Gasteiger partial charge is 0.277 e. The number of benzene rings is 1. The Labute approximate surface area is 150 Å². The van der Waals surface area contributed by atoms with Gasteiger partial charge in [-0.2, -0.15) is 0 Å².